The molecule has 1 heterocycles. The van der Waals surface area contributed by atoms with E-state index in [1.807, 2.05) is 38.1 Å². The Kier molecular flexibility index (Phi) is 4.17. The van der Waals surface area contributed by atoms with Gasteiger partial charge < -0.3 is 14.8 Å². The molecule has 0 radical (unpaired) electrons. The van der Waals surface area contributed by atoms with Gasteiger partial charge in [-0.3, -0.25) is 0 Å². The second kappa shape index (κ2) is 5.67. The lowest BCUT2D eigenvalue weighted by atomic mass is 10.1. The highest BCUT2D eigenvalue weighted by molar-refractivity contribution is 5.82. The van der Waals surface area contributed by atoms with E-state index in [0.717, 1.165) is 16.5 Å². The molecule has 0 fully saturated rings. The second-order valence-electron chi connectivity index (χ2n) is 4.62. The van der Waals surface area contributed by atoms with Gasteiger partial charge in [0, 0.05) is 11.9 Å². The number of nitrogens with one attached hydrogen (secondary N) is 1. The number of aryl methyl sites for hydroxylation is 1. The lowest BCUT2D eigenvalue weighted by Gasteiger charge is -2.15. The van der Waals surface area contributed by atoms with Crippen molar-refractivity contribution in [1.82, 2.24) is 5.32 Å². The molecule has 5 heteroatoms. The van der Waals surface area contributed by atoms with Crippen molar-refractivity contribution in [2.75, 3.05) is 6.54 Å². The number of halogens is 2. The van der Waals surface area contributed by atoms with Gasteiger partial charge >= 0.3 is 0 Å². The van der Waals surface area contributed by atoms with E-state index in [0.29, 0.717) is 5.76 Å². The highest BCUT2D eigenvalue weighted by Gasteiger charge is 2.20. The molecule has 2 rings (SSSR count). The number of para-hydroxylation sites is 1. The van der Waals surface area contributed by atoms with E-state index >= 15 is 0 Å². The molecular weight excluding hydrogens is 252 g/mol. The van der Waals surface area contributed by atoms with Crippen molar-refractivity contribution in [2.45, 2.75) is 32.4 Å². The molecule has 104 valence electrons. The molecule has 2 atom stereocenters. The van der Waals surface area contributed by atoms with Crippen LogP contribution in [0.5, 0.6) is 0 Å². The van der Waals surface area contributed by atoms with Crippen molar-refractivity contribution in [1.29, 1.82) is 0 Å². The summed E-state index contributed by atoms with van der Waals surface area (Å²) in [7, 11) is 0. The van der Waals surface area contributed by atoms with Crippen LogP contribution in [0.2, 0.25) is 0 Å². The number of alkyl halides is 2. The maximum absolute atomic E-state index is 12.2. The van der Waals surface area contributed by atoms with Crippen molar-refractivity contribution < 1.29 is 18.3 Å². The zero-order valence-corrected chi connectivity index (χ0v) is 10.9. The monoisotopic (exact) mass is 269 g/mol. The first-order valence-electron chi connectivity index (χ1n) is 6.18. The van der Waals surface area contributed by atoms with Crippen molar-refractivity contribution in [3.05, 3.63) is 35.6 Å². The number of furan rings is 1. The van der Waals surface area contributed by atoms with Gasteiger partial charge in [0.05, 0.1) is 6.04 Å². The van der Waals surface area contributed by atoms with E-state index in [2.05, 4.69) is 5.32 Å². The van der Waals surface area contributed by atoms with Crippen molar-refractivity contribution >= 4 is 11.0 Å². The van der Waals surface area contributed by atoms with Crippen LogP contribution in [0.15, 0.2) is 28.7 Å². The molecule has 0 bridgehead atoms. The maximum atomic E-state index is 12.2. The van der Waals surface area contributed by atoms with E-state index < -0.39 is 12.5 Å². The first-order chi connectivity index (χ1) is 9.00. The molecule has 0 saturated carbocycles. The fourth-order valence-electron chi connectivity index (χ4n) is 2.09. The Hall–Kier alpha value is -1.46. The predicted octanol–water partition coefficient (Wildman–Crippen LogP) is 3.02. The van der Waals surface area contributed by atoms with Crippen molar-refractivity contribution in [3.63, 3.8) is 0 Å². The van der Waals surface area contributed by atoms with Crippen LogP contribution in [0, 0.1) is 6.92 Å². The summed E-state index contributed by atoms with van der Waals surface area (Å²) >= 11 is 0. The molecule has 1 aromatic heterocycles. The Morgan fingerprint density at radius 3 is 2.63 bits per heavy atom. The SMILES string of the molecule is Cc1c(C(C)NCC(O)C(F)F)oc2ccccc12. The smallest absolute Gasteiger partial charge is 0.265 e. The normalized spacial score (nSPS) is 15.1. The third kappa shape index (κ3) is 2.93. The highest BCUT2D eigenvalue weighted by Crippen LogP contribution is 2.29. The summed E-state index contributed by atoms with van der Waals surface area (Å²) in [4.78, 5) is 0. The molecule has 0 saturated heterocycles. The third-order valence-corrected chi connectivity index (χ3v) is 3.20. The van der Waals surface area contributed by atoms with Gasteiger partial charge in [0.1, 0.15) is 17.4 Å². The number of aliphatic hydroxyl groups is 1. The van der Waals surface area contributed by atoms with Crippen LogP contribution >= 0.6 is 0 Å². The standard InChI is InChI=1S/C14H17F2NO2/c1-8-10-5-3-4-6-12(10)19-13(8)9(2)17-7-11(18)14(15)16/h3-6,9,11,14,17-18H,7H2,1-2H3. The van der Waals surface area contributed by atoms with Gasteiger partial charge in [0.2, 0.25) is 0 Å². The fraction of sp³-hybridized carbons (Fsp3) is 0.429. The van der Waals surface area contributed by atoms with Crippen LogP contribution in [-0.4, -0.2) is 24.2 Å². The number of fused-ring (bicyclic) bond motifs is 1. The number of hydrogen-bond donors (Lipinski definition) is 2. The Labute approximate surface area is 110 Å². The Balaban J connectivity index is 2.13. The van der Waals surface area contributed by atoms with E-state index in [1.165, 1.54) is 0 Å². The third-order valence-electron chi connectivity index (χ3n) is 3.20. The summed E-state index contributed by atoms with van der Waals surface area (Å²) in [5, 5.41) is 13.0. The second-order valence-corrected chi connectivity index (χ2v) is 4.62. The molecule has 0 spiro atoms. The van der Waals surface area contributed by atoms with Crippen LogP contribution in [0.1, 0.15) is 24.3 Å². The molecule has 2 unspecified atom stereocenters. The molecule has 0 aliphatic rings. The van der Waals surface area contributed by atoms with Gasteiger partial charge in [-0.25, -0.2) is 8.78 Å². The average molecular weight is 269 g/mol. The number of benzene rings is 1. The van der Waals surface area contributed by atoms with Gasteiger partial charge in [-0.15, -0.1) is 0 Å². The van der Waals surface area contributed by atoms with Gasteiger partial charge in [0.25, 0.3) is 6.43 Å². The minimum absolute atomic E-state index is 0.171. The lowest BCUT2D eigenvalue weighted by molar-refractivity contribution is -0.00466. The van der Waals surface area contributed by atoms with Crippen molar-refractivity contribution in [2.24, 2.45) is 0 Å². The van der Waals surface area contributed by atoms with E-state index in [-0.39, 0.29) is 12.6 Å². The average Bonchev–Trinajstić information content (AvgIpc) is 2.73. The van der Waals surface area contributed by atoms with Crippen LogP contribution < -0.4 is 5.32 Å². The molecule has 3 nitrogen and oxygen atoms in total. The quantitative estimate of drug-likeness (QED) is 0.877. The maximum Gasteiger partial charge on any atom is 0.265 e. The Bertz CT molecular complexity index is 553. The Morgan fingerprint density at radius 2 is 2.00 bits per heavy atom. The number of aliphatic hydroxyl groups excluding tert-OH is 1. The summed E-state index contributed by atoms with van der Waals surface area (Å²) in [6.07, 6.45) is -4.40. The summed E-state index contributed by atoms with van der Waals surface area (Å²) in [5.41, 5.74) is 1.76. The zero-order chi connectivity index (χ0) is 14.0. The molecule has 0 aliphatic heterocycles. The summed E-state index contributed by atoms with van der Waals surface area (Å²) in [6, 6.07) is 7.40. The lowest BCUT2D eigenvalue weighted by Crippen LogP contribution is -2.33. The summed E-state index contributed by atoms with van der Waals surface area (Å²) < 4.78 is 30.2. The molecular formula is C14H17F2NO2. The first kappa shape index (κ1) is 14.0. The van der Waals surface area contributed by atoms with Gasteiger partial charge in [0.15, 0.2) is 0 Å². The van der Waals surface area contributed by atoms with Crippen LogP contribution in [0.25, 0.3) is 11.0 Å². The molecule has 0 amide bonds. The largest absolute Gasteiger partial charge is 0.459 e. The molecule has 2 N–H and O–H groups in total. The number of rotatable bonds is 5. The summed E-state index contributed by atoms with van der Waals surface area (Å²) in [6.45, 7) is 3.58. The van der Waals surface area contributed by atoms with E-state index in [9.17, 15) is 8.78 Å². The predicted molar refractivity (Wildman–Crippen MR) is 69.4 cm³/mol. The molecule has 0 aliphatic carbocycles. The van der Waals surface area contributed by atoms with Gasteiger partial charge in [-0.05, 0) is 25.5 Å². The topological polar surface area (TPSA) is 45.4 Å². The molecule has 2 aromatic rings. The van der Waals surface area contributed by atoms with Gasteiger partial charge in [-0.2, -0.15) is 0 Å². The van der Waals surface area contributed by atoms with E-state index in [4.69, 9.17) is 9.52 Å². The van der Waals surface area contributed by atoms with Crippen LogP contribution in [0.4, 0.5) is 8.78 Å². The fourth-order valence-corrected chi connectivity index (χ4v) is 2.09. The minimum Gasteiger partial charge on any atom is -0.459 e. The van der Waals surface area contributed by atoms with Gasteiger partial charge in [-0.1, -0.05) is 18.2 Å². The van der Waals surface area contributed by atoms with Crippen molar-refractivity contribution in [3.8, 4) is 0 Å². The number of hydrogen-bond acceptors (Lipinski definition) is 3. The highest BCUT2D eigenvalue weighted by atomic mass is 19.3. The minimum atomic E-state index is -2.74. The molecule has 19 heavy (non-hydrogen) atoms. The van der Waals surface area contributed by atoms with Crippen LogP contribution in [0.3, 0.4) is 0 Å². The molecule has 1 aromatic carbocycles. The van der Waals surface area contributed by atoms with E-state index in [1.54, 1.807) is 0 Å². The first-order valence-corrected chi connectivity index (χ1v) is 6.18. The summed E-state index contributed by atoms with van der Waals surface area (Å²) in [5.74, 6) is 0.711. The zero-order valence-electron chi connectivity index (χ0n) is 10.9. The Morgan fingerprint density at radius 1 is 1.32 bits per heavy atom. The van der Waals surface area contributed by atoms with Crippen LogP contribution in [-0.2, 0) is 0 Å².